The topological polar surface area (TPSA) is 122 Å². The number of nitrogens with zero attached hydrogens (tertiary/aromatic N) is 4. The van der Waals surface area contributed by atoms with Crippen molar-refractivity contribution in [3.63, 3.8) is 0 Å². The largest absolute Gasteiger partial charge is 0.493 e. The number of furan rings is 1. The van der Waals surface area contributed by atoms with Gasteiger partial charge in [-0.2, -0.15) is 9.78 Å². The third kappa shape index (κ3) is 4.52. The van der Waals surface area contributed by atoms with Crippen LogP contribution in [0.25, 0.3) is 33.5 Å². The van der Waals surface area contributed by atoms with E-state index in [0.717, 1.165) is 10.1 Å². The molecule has 0 aliphatic carbocycles. The summed E-state index contributed by atoms with van der Waals surface area (Å²) in [6.07, 6.45) is 1.03. The Morgan fingerprint density at radius 1 is 1.11 bits per heavy atom. The molecule has 2 aromatic heterocycles. The number of aromatic nitrogens is 2. The van der Waals surface area contributed by atoms with Crippen LogP contribution in [0.15, 0.2) is 81.0 Å². The highest BCUT2D eigenvalue weighted by atomic mass is 16.6. The van der Waals surface area contributed by atoms with Crippen LogP contribution in [0.1, 0.15) is 19.4 Å². The summed E-state index contributed by atoms with van der Waals surface area (Å²) in [5, 5.41) is 17.4. The number of nitro groups is 1. The number of rotatable bonds is 7. The van der Waals surface area contributed by atoms with Crippen molar-refractivity contribution in [2.75, 3.05) is 7.11 Å². The average Bonchev–Trinajstić information content (AvgIpc) is 3.32. The zero-order valence-electron chi connectivity index (χ0n) is 20.2. The summed E-state index contributed by atoms with van der Waals surface area (Å²) in [5.41, 5.74) is 0.753. The molecule has 0 bridgehead atoms. The molecule has 10 heteroatoms. The Hall–Kier alpha value is -4.99. The van der Waals surface area contributed by atoms with Gasteiger partial charge in [0.1, 0.15) is 5.58 Å². The minimum Gasteiger partial charge on any atom is -0.493 e. The Morgan fingerprint density at radius 3 is 2.59 bits per heavy atom. The van der Waals surface area contributed by atoms with Crippen molar-refractivity contribution in [3.8, 4) is 23.1 Å². The SMILES string of the molecule is COc1cc(C=Nn2c(-c3cc4ccccc4o3)nc3ccccc3c2=O)cc([N+](=O)[O-])c1OC(C)C. The Morgan fingerprint density at radius 2 is 1.86 bits per heavy atom. The van der Waals surface area contributed by atoms with E-state index in [-0.39, 0.29) is 29.1 Å². The van der Waals surface area contributed by atoms with Gasteiger partial charge in [0.15, 0.2) is 11.5 Å². The Labute approximate surface area is 210 Å². The van der Waals surface area contributed by atoms with Crippen LogP contribution in [0, 0.1) is 10.1 Å². The first-order valence-electron chi connectivity index (χ1n) is 11.4. The molecule has 0 N–H and O–H groups in total. The first kappa shape index (κ1) is 23.7. The minimum absolute atomic E-state index is 0.0205. The molecular weight excluding hydrogens is 476 g/mol. The van der Waals surface area contributed by atoms with E-state index >= 15 is 0 Å². The van der Waals surface area contributed by atoms with Crippen molar-refractivity contribution in [1.29, 1.82) is 0 Å². The lowest BCUT2D eigenvalue weighted by Crippen LogP contribution is -2.20. The highest BCUT2D eigenvalue weighted by Crippen LogP contribution is 2.38. The van der Waals surface area contributed by atoms with Gasteiger partial charge in [0.2, 0.25) is 11.6 Å². The first-order valence-corrected chi connectivity index (χ1v) is 11.4. The maximum absolute atomic E-state index is 13.4. The molecule has 0 spiro atoms. The molecule has 0 aliphatic heterocycles. The third-order valence-electron chi connectivity index (χ3n) is 5.55. The smallest absolute Gasteiger partial charge is 0.315 e. The molecular formula is C27H22N4O6. The summed E-state index contributed by atoms with van der Waals surface area (Å²) >= 11 is 0. The van der Waals surface area contributed by atoms with Crippen LogP contribution < -0.4 is 15.0 Å². The summed E-state index contributed by atoms with van der Waals surface area (Å²) < 4.78 is 18.1. The van der Waals surface area contributed by atoms with Crippen LogP contribution in [0.5, 0.6) is 11.5 Å². The lowest BCUT2D eigenvalue weighted by Gasteiger charge is -2.14. The lowest BCUT2D eigenvalue weighted by molar-refractivity contribution is -0.386. The van der Waals surface area contributed by atoms with E-state index < -0.39 is 10.5 Å². The first-order chi connectivity index (χ1) is 17.9. The molecule has 0 amide bonds. The molecule has 5 rings (SSSR count). The molecule has 3 aromatic carbocycles. The van der Waals surface area contributed by atoms with E-state index in [2.05, 4.69) is 10.1 Å². The number of benzene rings is 3. The van der Waals surface area contributed by atoms with E-state index in [1.165, 1.54) is 19.4 Å². The van der Waals surface area contributed by atoms with E-state index in [1.54, 1.807) is 50.2 Å². The quantitative estimate of drug-likeness (QED) is 0.167. The van der Waals surface area contributed by atoms with Crippen LogP contribution >= 0.6 is 0 Å². The third-order valence-corrected chi connectivity index (χ3v) is 5.55. The summed E-state index contributed by atoms with van der Waals surface area (Å²) in [6.45, 7) is 3.52. The molecule has 0 aliphatic rings. The van der Waals surface area contributed by atoms with Crippen molar-refractivity contribution < 1.29 is 18.8 Å². The fourth-order valence-corrected chi connectivity index (χ4v) is 3.93. The summed E-state index contributed by atoms with van der Waals surface area (Å²) in [5.74, 6) is 0.737. The molecule has 0 atom stereocenters. The van der Waals surface area contributed by atoms with Gasteiger partial charge in [0.25, 0.3) is 5.56 Å². The standard InChI is InChI=1S/C27H22N4O6/c1-16(2)36-25-21(31(33)34)12-17(13-23(25)35-3)15-28-30-26(24-14-18-8-4-7-11-22(18)37-24)29-20-10-6-5-9-19(20)27(30)32/h4-16H,1-3H3. The van der Waals surface area contributed by atoms with Gasteiger partial charge in [0, 0.05) is 17.0 Å². The Kier molecular flexibility index (Phi) is 6.14. The van der Waals surface area contributed by atoms with E-state index in [1.807, 2.05) is 24.3 Å². The number of hydrogen-bond donors (Lipinski definition) is 0. The lowest BCUT2D eigenvalue weighted by atomic mass is 10.2. The number of methoxy groups -OCH3 is 1. The number of fused-ring (bicyclic) bond motifs is 2. The minimum atomic E-state index is -0.554. The molecule has 0 saturated carbocycles. The second-order valence-corrected chi connectivity index (χ2v) is 8.46. The van der Waals surface area contributed by atoms with Crippen molar-refractivity contribution in [2.45, 2.75) is 20.0 Å². The van der Waals surface area contributed by atoms with Crippen molar-refractivity contribution >= 4 is 33.8 Å². The average molecular weight is 498 g/mol. The Bertz CT molecular complexity index is 1700. The highest BCUT2D eigenvalue weighted by Gasteiger charge is 2.23. The zero-order chi connectivity index (χ0) is 26.1. The number of nitro benzene ring substituents is 1. The molecule has 186 valence electrons. The molecule has 37 heavy (non-hydrogen) atoms. The molecule has 0 saturated heterocycles. The van der Waals surface area contributed by atoms with Gasteiger partial charge >= 0.3 is 5.69 Å². The second-order valence-electron chi connectivity index (χ2n) is 8.46. The van der Waals surface area contributed by atoms with E-state index in [9.17, 15) is 14.9 Å². The second kappa shape index (κ2) is 9.57. The van der Waals surface area contributed by atoms with Crippen molar-refractivity contribution in [2.24, 2.45) is 5.10 Å². The van der Waals surface area contributed by atoms with Gasteiger partial charge in [0.05, 0.1) is 35.3 Å². The van der Waals surface area contributed by atoms with Gasteiger partial charge in [-0.1, -0.05) is 30.3 Å². The molecule has 0 unspecified atom stereocenters. The van der Waals surface area contributed by atoms with Gasteiger partial charge in [-0.15, -0.1) is 0 Å². The summed E-state index contributed by atoms with van der Waals surface area (Å²) in [6, 6.07) is 19.0. The number of hydrogen-bond acceptors (Lipinski definition) is 8. The van der Waals surface area contributed by atoms with Gasteiger partial charge < -0.3 is 13.9 Å². The predicted molar refractivity (Wildman–Crippen MR) is 140 cm³/mol. The molecule has 5 aromatic rings. The summed E-state index contributed by atoms with van der Waals surface area (Å²) in [7, 11) is 1.39. The monoisotopic (exact) mass is 498 g/mol. The predicted octanol–water partition coefficient (Wildman–Crippen LogP) is 5.40. The van der Waals surface area contributed by atoms with Crippen LogP contribution in [0.3, 0.4) is 0 Å². The summed E-state index contributed by atoms with van der Waals surface area (Å²) in [4.78, 5) is 29.3. The maximum Gasteiger partial charge on any atom is 0.315 e. The van der Waals surface area contributed by atoms with Crippen LogP contribution in [-0.2, 0) is 0 Å². The van der Waals surface area contributed by atoms with Crippen LogP contribution in [0.2, 0.25) is 0 Å². The normalized spacial score (nSPS) is 11.6. The van der Waals surface area contributed by atoms with Crippen molar-refractivity contribution in [1.82, 2.24) is 9.66 Å². The van der Waals surface area contributed by atoms with E-state index in [4.69, 9.17) is 13.9 Å². The van der Waals surface area contributed by atoms with Crippen LogP contribution in [0.4, 0.5) is 5.69 Å². The fourth-order valence-electron chi connectivity index (χ4n) is 3.93. The molecule has 0 radical (unpaired) electrons. The number of para-hydroxylation sites is 2. The van der Waals surface area contributed by atoms with Gasteiger partial charge in [-0.3, -0.25) is 14.9 Å². The highest BCUT2D eigenvalue weighted by molar-refractivity contribution is 5.85. The van der Waals surface area contributed by atoms with Crippen molar-refractivity contribution in [3.05, 3.63) is 92.8 Å². The van der Waals surface area contributed by atoms with E-state index in [0.29, 0.717) is 27.8 Å². The molecule has 0 fully saturated rings. The van der Waals surface area contributed by atoms with Crippen LogP contribution in [-0.4, -0.2) is 34.0 Å². The zero-order valence-corrected chi connectivity index (χ0v) is 20.2. The Balaban J connectivity index is 1.69. The number of ether oxygens (including phenoxy) is 2. The fraction of sp³-hybridized carbons (Fsp3) is 0.148. The van der Waals surface area contributed by atoms with Gasteiger partial charge in [-0.25, -0.2) is 4.98 Å². The molecule has 2 heterocycles. The van der Waals surface area contributed by atoms with Gasteiger partial charge in [-0.05, 0) is 44.2 Å². The maximum atomic E-state index is 13.4. The molecule has 10 nitrogen and oxygen atoms in total.